The number of phenols is 1. The van der Waals surface area contributed by atoms with Gasteiger partial charge in [-0.25, -0.2) is 4.98 Å². The number of nitrogens with one attached hydrogen (secondary N) is 2. The molecular formula is C25H28N3O3+. The molecule has 3 N–H and O–H groups in total. The number of H-pyrrole nitrogens is 1. The summed E-state index contributed by atoms with van der Waals surface area (Å²) in [7, 11) is 0. The average molecular weight is 419 g/mol. The normalized spacial score (nSPS) is 19.3. The first kappa shape index (κ1) is 19.8. The molecule has 0 spiro atoms. The van der Waals surface area contributed by atoms with Crippen LogP contribution in [0.1, 0.15) is 44.2 Å². The Morgan fingerprint density at radius 2 is 2.13 bits per heavy atom. The highest BCUT2D eigenvalue weighted by atomic mass is 16.3. The number of aromatic hydroxyl groups is 1. The van der Waals surface area contributed by atoms with Gasteiger partial charge in [0.05, 0.1) is 34.6 Å². The summed E-state index contributed by atoms with van der Waals surface area (Å²) in [6, 6.07) is 9.99. The van der Waals surface area contributed by atoms with Gasteiger partial charge in [-0.3, -0.25) is 4.79 Å². The van der Waals surface area contributed by atoms with E-state index in [1.165, 1.54) is 30.4 Å². The summed E-state index contributed by atoms with van der Waals surface area (Å²) in [5.74, 6) is 0.764. The van der Waals surface area contributed by atoms with Crippen LogP contribution >= 0.6 is 0 Å². The summed E-state index contributed by atoms with van der Waals surface area (Å²) < 4.78 is 6.03. The Labute approximate surface area is 180 Å². The second-order valence-electron chi connectivity index (χ2n) is 8.66. The van der Waals surface area contributed by atoms with Crippen molar-refractivity contribution >= 4 is 22.0 Å². The standard InChI is InChI=1S/C25H27N3O3/c1-3-16-12-17-23(30)19(25-26-20-9-4-5-10-21(20)27-25)14-31-24(17)18(22(16)29)13-28-11-7-6-8-15(28)2/h4-5,9-10,12,14-15,29H,3,6-8,11,13H2,1-2H3,(H,26,27)/p+1/t15-/m1/s1. The van der Waals surface area contributed by atoms with Crippen LogP contribution in [0.2, 0.25) is 0 Å². The summed E-state index contributed by atoms with van der Waals surface area (Å²) in [5.41, 5.74) is 3.97. The van der Waals surface area contributed by atoms with E-state index < -0.39 is 0 Å². The van der Waals surface area contributed by atoms with Crippen LogP contribution in [0, 0.1) is 0 Å². The molecule has 2 aromatic carbocycles. The summed E-state index contributed by atoms with van der Waals surface area (Å²) in [4.78, 5) is 22.7. The van der Waals surface area contributed by atoms with Crippen LogP contribution in [0.3, 0.4) is 0 Å². The van der Waals surface area contributed by atoms with E-state index in [1.54, 1.807) is 6.07 Å². The Balaban J connectivity index is 1.66. The molecule has 0 amide bonds. The fourth-order valence-electron chi connectivity index (χ4n) is 4.81. The molecule has 3 heterocycles. The topological polar surface area (TPSA) is 83.6 Å². The Kier molecular flexibility index (Phi) is 5.02. The monoisotopic (exact) mass is 418 g/mol. The number of benzene rings is 2. The predicted octanol–water partition coefficient (Wildman–Crippen LogP) is 3.56. The molecule has 1 fully saturated rings. The third kappa shape index (κ3) is 3.41. The second-order valence-corrected chi connectivity index (χ2v) is 8.66. The lowest BCUT2D eigenvalue weighted by atomic mass is 9.98. The molecule has 0 saturated carbocycles. The summed E-state index contributed by atoms with van der Waals surface area (Å²) in [5, 5.41) is 11.5. The van der Waals surface area contributed by atoms with Crippen LogP contribution in [0.25, 0.3) is 33.4 Å². The average Bonchev–Trinajstić information content (AvgIpc) is 3.21. The molecule has 1 aliphatic rings. The zero-order valence-corrected chi connectivity index (χ0v) is 18.0. The number of aromatic nitrogens is 2. The van der Waals surface area contributed by atoms with E-state index in [9.17, 15) is 9.90 Å². The number of quaternary nitrogens is 1. The second kappa shape index (κ2) is 7.85. The highest BCUT2D eigenvalue weighted by Gasteiger charge is 2.27. The van der Waals surface area contributed by atoms with Gasteiger partial charge >= 0.3 is 0 Å². The van der Waals surface area contributed by atoms with Gasteiger partial charge in [0, 0.05) is 0 Å². The smallest absolute Gasteiger partial charge is 0.203 e. The fourth-order valence-corrected chi connectivity index (χ4v) is 4.81. The van der Waals surface area contributed by atoms with Crippen molar-refractivity contribution in [2.24, 2.45) is 0 Å². The summed E-state index contributed by atoms with van der Waals surface area (Å²) >= 11 is 0. The number of para-hydroxylation sites is 2. The minimum Gasteiger partial charge on any atom is -0.507 e. The molecule has 1 saturated heterocycles. The molecule has 0 radical (unpaired) electrons. The number of rotatable bonds is 4. The minimum absolute atomic E-state index is 0.127. The number of aromatic amines is 1. The van der Waals surface area contributed by atoms with Crippen molar-refractivity contribution in [2.45, 2.75) is 52.1 Å². The van der Waals surface area contributed by atoms with Crippen LogP contribution in [0.5, 0.6) is 5.75 Å². The van der Waals surface area contributed by atoms with Crippen LogP contribution in [0.4, 0.5) is 0 Å². The van der Waals surface area contributed by atoms with Crippen molar-refractivity contribution in [3.05, 3.63) is 57.9 Å². The summed E-state index contributed by atoms with van der Waals surface area (Å²) in [6.45, 7) is 5.98. The Bertz CT molecular complexity index is 1290. The number of nitrogens with zero attached hydrogens (tertiary/aromatic N) is 1. The molecule has 5 rings (SSSR count). The molecule has 31 heavy (non-hydrogen) atoms. The van der Waals surface area contributed by atoms with Gasteiger partial charge in [-0.15, -0.1) is 0 Å². The third-order valence-corrected chi connectivity index (χ3v) is 6.72. The number of fused-ring (bicyclic) bond motifs is 2. The molecule has 2 aromatic heterocycles. The van der Waals surface area contributed by atoms with Gasteiger partial charge in [0.25, 0.3) is 0 Å². The van der Waals surface area contributed by atoms with Crippen LogP contribution in [-0.4, -0.2) is 27.7 Å². The lowest BCUT2D eigenvalue weighted by molar-refractivity contribution is -0.941. The molecule has 2 atom stereocenters. The van der Waals surface area contributed by atoms with Crippen molar-refractivity contribution in [1.29, 1.82) is 0 Å². The van der Waals surface area contributed by atoms with Gasteiger partial charge in [0.2, 0.25) is 5.43 Å². The van der Waals surface area contributed by atoms with Crippen LogP contribution in [-0.2, 0) is 13.0 Å². The van der Waals surface area contributed by atoms with Gasteiger partial charge in [0.1, 0.15) is 35.5 Å². The maximum atomic E-state index is 13.5. The number of phenolic OH excluding ortho intramolecular Hbond substituents is 1. The predicted molar refractivity (Wildman–Crippen MR) is 121 cm³/mol. The zero-order valence-electron chi connectivity index (χ0n) is 18.0. The van der Waals surface area contributed by atoms with Gasteiger partial charge < -0.3 is 19.4 Å². The Morgan fingerprint density at radius 3 is 2.90 bits per heavy atom. The van der Waals surface area contributed by atoms with E-state index in [4.69, 9.17) is 4.42 Å². The van der Waals surface area contributed by atoms with Crippen molar-refractivity contribution in [1.82, 2.24) is 9.97 Å². The van der Waals surface area contributed by atoms with Gasteiger partial charge in [0.15, 0.2) is 0 Å². The lowest BCUT2D eigenvalue weighted by Crippen LogP contribution is -3.14. The number of likely N-dealkylation sites (tertiary alicyclic amines) is 1. The highest BCUT2D eigenvalue weighted by molar-refractivity contribution is 5.87. The Hall–Kier alpha value is -3.12. The fraction of sp³-hybridized carbons (Fsp3) is 0.360. The van der Waals surface area contributed by atoms with Crippen molar-refractivity contribution in [3.8, 4) is 17.1 Å². The van der Waals surface area contributed by atoms with Gasteiger partial charge in [-0.2, -0.15) is 0 Å². The van der Waals surface area contributed by atoms with E-state index in [-0.39, 0.29) is 11.2 Å². The number of piperidine rings is 1. The maximum Gasteiger partial charge on any atom is 0.203 e. The minimum atomic E-state index is -0.127. The number of imidazole rings is 1. The number of aryl methyl sites for hydroxylation is 1. The van der Waals surface area contributed by atoms with E-state index in [2.05, 4.69) is 16.9 Å². The molecule has 1 unspecified atom stereocenters. The van der Waals surface area contributed by atoms with Gasteiger partial charge in [-0.05, 0) is 56.4 Å². The Morgan fingerprint density at radius 1 is 1.29 bits per heavy atom. The molecule has 0 bridgehead atoms. The summed E-state index contributed by atoms with van der Waals surface area (Å²) in [6.07, 6.45) is 5.75. The SMILES string of the molecule is CCc1cc2c(=O)c(-c3nc4ccccc4[nH]3)coc2c(C[NH+]2CCCC[C@H]2C)c1O. The van der Waals surface area contributed by atoms with Crippen molar-refractivity contribution in [3.63, 3.8) is 0 Å². The number of hydrogen-bond acceptors (Lipinski definition) is 4. The van der Waals surface area contributed by atoms with Crippen LogP contribution < -0.4 is 10.3 Å². The highest BCUT2D eigenvalue weighted by Crippen LogP contribution is 2.32. The maximum absolute atomic E-state index is 13.5. The lowest BCUT2D eigenvalue weighted by Gasteiger charge is -2.30. The van der Waals surface area contributed by atoms with E-state index >= 15 is 0 Å². The molecular weight excluding hydrogens is 390 g/mol. The molecule has 160 valence electrons. The third-order valence-electron chi connectivity index (χ3n) is 6.72. The molecule has 6 heteroatoms. The van der Waals surface area contributed by atoms with Crippen molar-refractivity contribution < 1.29 is 14.4 Å². The first-order chi connectivity index (χ1) is 15.1. The quantitative estimate of drug-likeness (QED) is 0.473. The van der Waals surface area contributed by atoms with E-state index in [0.29, 0.717) is 41.4 Å². The number of hydrogen-bond donors (Lipinski definition) is 3. The first-order valence-electron chi connectivity index (χ1n) is 11.2. The molecule has 6 nitrogen and oxygen atoms in total. The largest absolute Gasteiger partial charge is 0.507 e. The van der Waals surface area contributed by atoms with Gasteiger partial charge in [-0.1, -0.05) is 19.1 Å². The molecule has 4 aromatic rings. The van der Waals surface area contributed by atoms with Crippen molar-refractivity contribution in [2.75, 3.05) is 6.54 Å². The van der Waals surface area contributed by atoms with E-state index in [1.807, 2.05) is 31.2 Å². The molecule has 0 aliphatic carbocycles. The zero-order chi connectivity index (χ0) is 21.5. The molecule has 1 aliphatic heterocycles. The van der Waals surface area contributed by atoms with E-state index in [0.717, 1.165) is 28.7 Å². The first-order valence-corrected chi connectivity index (χ1v) is 11.2. The van der Waals surface area contributed by atoms with Crippen LogP contribution in [0.15, 0.2) is 45.8 Å².